The molecule has 19 heavy (non-hydrogen) atoms. The maximum absolute atomic E-state index is 11.9. The van der Waals surface area contributed by atoms with Crippen molar-refractivity contribution in [2.24, 2.45) is 5.92 Å². The number of amides is 1. The van der Waals surface area contributed by atoms with Crippen LogP contribution in [0.1, 0.15) is 26.7 Å². The summed E-state index contributed by atoms with van der Waals surface area (Å²) in [5, 5.41) is 12.1. The quantitative estimate of drug-likeness (QED) is 0.652. The van der Waals surface area contributed by atoms with E-state index in [4.69, 9.17) is 4.74 Å². The molecule has 1 fully saturated rings. The first-order valence-corrected chi connectivity index (χ1v) is 6.75. The summed E-state index contributed by atoms with van der Waals surface area (Å²) in [7, 11) is 1.32. The predicted molar refractivity (Wildman–Crippen MR) is 70.5 cm³/mol. The molecule has 6 heteroatoms. The molecule has 0 bridgehead atoms. The van der Waals surface area contributed by atoms with Gasteiger partial charge in [0.05, 0.1) is 19.8 Å². The number of methoxy groups -OCH3 is 1. The predicted octanol–water partition coefficient (Wildman–Crippen LogP) is -0.243. The molecule has 3 atom stereocenters. The van der Waals surface area contributed by atoms with Crippen LogP contribution in [-0.2, 0) is 14.3 Å². The van der Waals surface area contributed by atoms with Crippen LogP contribution >= 0.6 is 0 Å². The largest absolute Gasteiger partial charge is 0.467 e. The Bertz CT molecular complexity index is 322. The number of aliphatic hydroxyl groups excluding tert-OH is 1. The summed E-state index contributed by atoms with van der Waals surface area (Å²) in [6.45, 7) is 5.30. The normalized spacial score (nSPS) is 22.8. The summed E-state index contributed by atoms with van der Waals surface area (Å²) in [5.41, 5.74) is 0. The second-order valence-corrected chi connectivity index (χ2v) is 5.13. The molecular weight excluding hydrogens is 248 g/mol. The van der Waals surface area contributed by atoms with Gasteiger partial charge in [-0.2, -0.15) is 0 Å². The first-order valence-electron chi connectivity index (χ1n) is 6.75. The monoisotopic (exact) mass is 272 g/mol. The standard InChI is InChI=1S/C13H24N2O4/c1-4-9(2)12(13(18)19-3)14-11(17)8-15-6-5-10(16)7-15/h9-10,12,16H,4-8H2,1-3H3,(H,14,17)/t9?,10-,12?/m0/s1. The van der Waals surface area contributed by atoms with E-state index in [1.807, 2.05) is 18.7 Å². The Kier molecular flexibility index (Phi) is 6.24. The highest BCUT2D eigenvalue weighted by molar-refractivity contribution is 5.85. The van der Waals surface area contributed by atoms with E-state index in [-0.39, 0.29) is 24.5 Å². The van der Waals surface area contributed by atoms with Crippen molar-refractivity contribution in [3.8, 4) is 0 Å². The number of nitrogens with zero attached hydrogens (tertiary/aromatic N) is 1. The van der Waals surface area contributed by atoms with E-state index in [1.165, 1.54) is 7.11 Å². The van der Waals surface area contributed by atoms with Crippen molar-refractivity contribution < 1.29 is 19.4 Å². The zero-order chi connectivity index (χ0) is 14.4. The van der Waals surface area contributed by atoms with Gasteiger partial charge in [-0.3, -0.25) is 9.69 Å². The molecule has 1 saturated heterocycles. The number of carbonyl (C=O) groups is 2. The minimum absolute atomic E-state index is 0.0283. The molecule has 0 aromatic heterocycles. The maximum Gasteiger partial charge on any atom is 0.328 e. The number of aliphatic hydroxyl groups is 1. The van der Waals surface area contributed by atoms with Gasteiger partial charge in [-0.1, -0.05) is 20.3 Å². The fourth-order valence-electron chi connectivity index (χ4n) is 2.17. The van der Waals surface area contributed by atoms with Gasteiger partial charge in [-0.05, 0) is 12.3 Å². The van der Waals surface area contributed by atoms with Crippen LogP contribution in [0.25, 0.3) is 0 Å². The molecule has 1 amide bonds. The van der Waals surface area contributed by atoms with Crippen molar-refractivity contribution in [3.63, 3.8) is 0 Å². The second kappa shape index (κ2) is 7.45. The van der Waals surface area contributed by atoms with Gasteiger partial charge < -0.3 is 15.2 Å². The van der Waals surface area contributed by atoms with Crippen molar-refractivity contribution in [1.29, 1.82) is 0 Å². The molecule has 1 rings (SSSR count). The van der Waals surface area contributed by atoms with Gasteiger partial charge in [0.2, 0.25) is 5.91 Å². The van der Waals surface area contributed by atoms with Crippen LogP contribution < -0.4 is 5.32 Å². The first-order chi connectivity index (χ1) is 8.97. The summed E-state index contributed by atoms with van der Waals surface area (Å²) in [5.74, 6) is -0.588. The van der Waals surface area contributed by atoms with Gasteiger partial charge in [-0.25, -0.2) is 4.79 Å². The van der Waals surface area contributed by atoms with Crippen LogP contribution in [0.3, 0.4) is 0 Å². The van der Waals surface area contributed by atoms with Gasteiger partial charge in [0.15, 0.2) is 0 Å². The Morgan fingerprint density at radius 2 is 2.21 bits per heavy atom. The lowest BCUT2D eigenvalue weighted by molar-refractivity contribution is -0.146. The van der Waals surface area contributed by atoms with Crippen molar-refractivity contribution in [1.82, 2.24) is 10.2 Å². The Morgan fingerprint density at radius 3 is 2.68 bits per heavy atom. The van der Waals surface area contributed by atoms with E-state index >= 15 is 0 Å². The number of likely N-dealkylation sites (tertiary alicyclic amines) is 1. The summed E-state index contributed by atoms with van der Waals surface area (Å²) in [6.07, 6.45) is 1.13. The third kappa shape index (κ3) is 4.80. The zero-order valence-electron chi connectivity index (χ0n) is 11.9. The highest BCUT2D eigenvalue weighted by Crippen LogP contribution is 2.11. The molecule has 0 radical (unpaired) electrons. The van der Waals surface area contributed by atoms with E-state index < -0.39 is 12.0 Å². The van der Waals surface area contributed by atoms with E-state index in [2.05, 4.69) is 5.32 Å². The molecule has 1 aliphatic rings. The van der Waals surface area contributed by atoms with Crippen LogP contribution in [-0.4, -0.2) is 60.8 Å². The van der Waals surface area contributed by atoms with Crippen LogP contribution in [0, 0.1) is 5.92 Å². The average molecular weight is 272 g/mol. The number of nitrogens with one attached hydrogen (secondary N) is 1. The van der Waals surface area contributed by atoms with Gasteiger partial charge >= 0.3 is 5.97 Å². The second-order valence-electron chi connectivity index (χ2n) is 5.13. The van der Waals surface area contributed by atoms with Crippen LogP contribution in [0.4, 0.5) is 0 Å². The van der Waals surface area contributed by atoms with E-state index in [0.29, 0.717) is 19.5 Å². The molecule has 2 unspecified atom stereocenters. The van der Waals surface area contributed by atoms with Gasteiger partial charge in [-0.15, -0.1) is 0 Å². The van der Waals surface area contributed by atoms with Crippen molar-refractivity contribution in [3.05, 3.63) is 0 Å². The molecule has 6 nitrogen and oxygen atoms in total. The minimum Gasteiger partial charge on any atom is -0.467 e. The Morgan fingerprint density at radius 1 is 1.53 bits per heavy atom. The molecule has 0 aromatic rings. The number of rotatable bonds is 6. The van der Waals surface area contributed by atoms with Crippen LogP contribution in [0.5, 0.6) is 0 Å². The molecule has 0 aromatic carbocycles. The van der Waals surface area contributed by atoms with Crippen LogP contribution in [0.2, 0.25) is 0 Å². The number of β-amino-alcohol motifs (C(OH)–C–C–N with tert-alkyl or cyclic N) is 1. The minimum atomic E-state index is -0.602. The zero-order valence-corrected chi connectivity index (χ0v) is 11.9. The maximum atomic E-state index is 11.9. The number of hydrogen-bond donors (Lipinski definition) is 2. The van der Waals surface area contributed by atoms with Crippen LogP contribution in [0.15, 0.2) is 0 Å². The fourth-order valence-corrected chi connectivity index (χ4v) is 2.17. The lowest BCUT2D eigenvalue weighted by Gasteiger charge is -2.23. The van der Waals surface area contributed by atoms with Gasteiger partial charge in [0.1, 0.15) is 6.04 Å². The molecule has 0 spiro atoms. The Hall–Kier alpha value is -1.14. The van der Waals surface area contributed by atoms with Gasteiger partial charge in [0.25, 0.3) is 0 Å². The Balaban J connectivity index is 2.49. The average Bonchev–Trinajstić information content (AvgIpc) is 2.79. The van der Waals surface area contributed by atoms with Crippen molar-refractivity contribution >= 4 is 11.9 Å². The summed E-state index contributed by atoms with van der Waals surface area (Å²) in [4.78, 5) is 25.4. The van der Waals surface area contributed by atoms with Crippen molar-refractivity contribution in [2.75, 3.05) is 26.7 Å². The molecule has 1 heterocycles. The van der Waals surface area contributed by atoms with E-state index in [0.717, 1.165) is 6.42 Å². The van der Waals surface area contributed by atoms with Crippen molar-refractivity contribution in [2.45, 2.75) is 38.8 Å². The lowest BCUT2D eigenvalue weighted by Crippen LogP contribution is -2.48. The van der Waals surface area contributed by atoms with Gasteiger partial charge in [0, 0.05) is 13.1 Å². The molecule has 110 valence electrons. The number of esters is 1. The fraction of sp³-hybridized carbons (Fsp3) is 0.846. The first kappa shape index (κ1) is 15.9. The molecule has 1 aliphatic heterocycles. The summed E-state index contributed by atoms with van der Waals surface area (Å²) >= 11 is 0. The SMILES string of the molecule is CCC(C)C(NC(=O)CN1CC[C@H](O)C1)C(=O)OC. The van der Waals surface area contributed by atoms with E-state index in [9.17, 15) is 14.7 Å². The smallest absolute Gasteiger partial charge is 0.328 e. The third-order valence-electron chi connectivity index (χ3n) is 3.60. The summed E-state index contributed by atoms with van der Waals surface area (Å²) in [6, 6.07) is -0.602. The lowest BCUT2D eigenvalue weighted by atomic mass is 9.99. The summed E-state index contributed by atoms with van der Waals surface area (Å²) < 4.78 is 4.72. The van der Waals surface area contributed by atoms with E-state index in [1.54, 1.807) is 0 Å². The molecule has 0 aliphatic carbocycles. The highest BCUT2D eigenvalue weighted by Gasteiger charge is 2.28. The molecular formula is C13H24N2O4. The molecule has 0 saturated carbocycles. The number of hydrogen-bond acceptors (Lipinski definition) is 5. The Labute approximate surface area is 114 Å². The number of carbonyl (C=O) groups excluding carboxylic acids is 2. The topological polar surface area (TPSA) is 78.9 Å². The number of ether oxygens (including phenoxy) is 1. The highest BCUT2D eigenvalue weighted by atomic mass is 16.5. The molecule has 2 N–H and O–H groups in total. The third-order valence-corrected chi connectivity index (χ3v) is 3.60.